The van der Waals surface area contributed by atoms with Gasteiger partial charge in [-0.05, 0) is 41.6 Å². The first kappa shape index (κ1) is 13.3. The zero-order valence-electron chi connectivity index (χ0n) is 10.9. The van der Waals surface area contributed by atoms with Gasteiger partial charge in [0.1, 0.15) is 5.82 Å². The van der Waals surface area contributed by atoms with Gasteiger partial charge in [-0.25, -0.2) is 0 Å². The molecule has 2 rings (SSSR count). The minimum atomic E-state index is -0.0476. The summed E-state index contributed by atoms with van der Waals surface area (Å²) < 4.78 is 2.62. The number of aromatic nitrogens is 4. The highest BCUT2D eigenvalue weighted by Gasteiger charge is 2.25. The van der Waals surface area contributed by atoms with Crippen LogP contribution < -0.4 is 5.73 Å². The van der Waals surface area contributed by atoms with Gasteiger partial charge in [-0.1, -0.05) is 20.8 Å². The van der Waals surface area contributed by atoms with Crippen LogP contribution in [0.1, 0.15) is 32.2 Å². The molecule has 2 aromatic rings. The largest absolute Gasteiger partial charge is 0.383 e. The second kappa shape index (κ2) is 4.49. The summed E-state index contributed by atoms with van der Waals surface area (Å²) in [4.78, 5) is 0. The molecule has 0 spiro atoms. The maximum atomic E-state index is 6.10. The third-order valence-electron chi connectivity index (χ3n) is 2.57. The highest BCUT2D eigenvalue weighted by Crippen LogP contribution is 2.30. The Morgan fingerprint density at radius 2 is 1.89 bits per heavy atom. The lowest BCUT2D eigenvalue weighted by Gasteiger charge is -2.15. The fourth-order valence-corrected chi connectivity index (χ4v) is 2.72. The van der Waals surface area contributed by atoms with E-state index in [1.807, 2.05) is 19.1 Å². The molecule has 18 heavy (non-hydrogen) atoms. The van der Waals surface area contributed by atoms with Crippen molar-refractivity contribution in [1.29, 1.82) is 0 Å². The van der Waals surface area contributed by atoms with Crippen molar-refractivity contribution in [2.24, 2.45) is 0 Å². The third kappa shape index (κ3) is 2.33. The summed E-state index contributed by atoms with van der Waals surface area (Å²) in [7, 11) is 0. The lowest BCUT2D eigenvalue weighted by molar-refractivity contribution is 0.556. The van der Waals surface area contributed by atoms with Crippen molar-refractivity contribution in [1.82, 2.24) is 20.0 Å². The Bertz CT molecular complexity index is 565. The van der Waals surface area contributed by atoms with Crippen LogP contribution in [-0.4, -0.2) is 20.0 Å². The summed E-state index contributed by atoms with van der Waals surface area (Å²) in [6, 6.07) is 3.77. The number of rotatable bonds is 1. The molecule has 0 amide bonds. The Kier molecular flexibility index (Phi) is 3.31. The van der Waals surface area contributed by atoms with Gasteiger partial charge >= 0.3 is 0 Å². The van der Waals surface area contributed by atoms with Crippen molar-refractivity contribution in [3.8, 4) is 5.82 Å². The van der Waals surface area contributed by atoms with Gasteiger partial charge in [0, 0.05) is 5.41 Å². The molecule has 0 aliphatic heterocycles. The molecule has 0 saturated carbocycles. The van der Waals surface area contributed by atoms with Gasteiger partial charge in [0.2, 0.25) is 0 Å². The Morgan fingerprint density at radius 3 is 2.33 bits per heavy atom. The number of nitrogens with two attached hydrogens (primary N) is 1. The Hall–Kier alpha value is -1.18. The molecule has 2 aromatic heterocycles. The van der Waals surface area contributed by atoms with E-state index < -0.39 is 0 Å². The third-order valence-corrected chi connectivity index (χ3v) is 3.64. The highest BCUT2D eigenvalue weighted by atomic mass is 127. The molecule has 0 bridgehead atoms. The molecule has 2 N–H and O–H groups in total. The van der Waals surface area contributed by atoms with Crippen molar-refractivity contribution in [3.63, 3.8) is 0 Å². The summed E-state index contributed by atoms with van der Waals surface area (Å²) >= 11 is 2.23. The van der Waals surface area contributed by atoms with E-state index in [-0.39, 0.29) is 5.41 Å². The van der Waals surface area contributed by atoms with E-state index in [2.05, 4.69) is 58.7 Å². The second-order valence-electron chi connectivity index (χ2n) is 5.24. The molecule has 0 radical (unpaired) electrons. The minimum absolute atomic E-state index is 0.0476. The van der Waals surface area contributed by atoms with Gasteiger partial charge in [-0.2, -0.15) is 14.9 Å². The Balaban J connectivity index is 2.56. The molecule has 0 saturated heterocycles. The highest BCUT2D eigenvalue weighted by molar-refractivity contribution is 14.1. The SMILES string of the molecule is Cc1ccc(-n2nc(C(C)(C)C)c(I)c2N)nn1. The topological polar surface area (TPSA) is 69.6 Å². The summed E-state index contributed by atoms with van der Waals surface area (Å²) in [6.07, 6.45) is 0. The zero-order valence-corrected chi connectivity index (χ0v) is 13.1. The van der Waals surface area contributed by atoms with Crippen molar-refractivity contribution in [2.45, 2.75) is 33.1 Å². The van der Waals surface area contributed by atoms with Crippen LogP contribution in [0.4, 0.5) is 5.82 Å². The maximum absolute atomic E-state index is 6.10. The van der Waals surface area contributed by atoms with Gasteiger partial charge in [0.25, 0.3) is 0 Å². The van der Waals surface area contributed by atoms with Crippen LogP contribution in [0.2, 0.25) is 0 Å². The van der Waals surface area contributed by atoms with Crippen molar-refractivity contribution < 1.29 is 0 Å². The van der Waals surface area contributed by atoms with Crippen LogP contribution >= 0.6 is 22.6 Å². The molecule has 0 aliphatic rings. The smallest absolute Gasteiger partial charge is 0.178 e. The van der Waals surface area contributed by atoms with Crippen LogP contribution in [-0.2, 0) is 5.41 Å². The van der Waals surface area contributed by atoms with E-state index in [9.17, 15) is 0 Å². The molecular weight excluding hydrogens is 341 g/mol. The summed E-state index contributed by atoms with van der Waals surface area (Å²) in [6.45, 7) is 8.24. The molecule has 0 atom stereocenters. The van der Waals surface area contributed by atoms with Crippen LogP contribution in [0.5, 0.6) is 0 Å². The predicted molar refractivity (Wildman–Crippen MR) is 79.7 cm³/mol. The Morgan fingerprint density at radius 1 is 1.22 bits per heavy atom. The summed E-state index contributed by atoms with van der Waals surface area (Å²) in [5.41, 5.74) is 7.89. The normalized spacial score (nSPS) is 11.8. The van der Waals surface area contributed by atoms with Gasteiger partial charge in [-0.15, -0.1) is 5.10 Å². The fraction of sp³-hybridized carbons (Fsp3) is 0.417. The molecule has 2 heterocycles. The van der Waals surface area contributed by atoms with Gasteiger partial charge in [0.05, 0.1) is 15.0 Å². The molecule has 0 aliphatic carbocycles. The Labute approximate surface area is 120 Å². The van der Waals surface area contributed by atoms with Crippen LogP contribution in [0, 0.1) is 10.5 Å². The summed E-state index contributed by atoms with van der Waals surface area (Å²) in [5.74, 6) is 1.25. The minimum Gasteiger partial charge on any atom is -0.383 e. The van der Waals surface area contributed by atoms with E-state index >= 15 is 0 Å². The standard InChI is InChI=1S/C12H16IN5/c1-7-5-6-8(16-15-7)18-11(14)9(13)10(17-18)12(2,3)4/h5-6H,14H2,1-4H3. The monoisotopic (exact) mass is 357 g/mol. The zero-order chi connectivity index (χ0) is 13.5. The number of nitrogen functional groups attached to an aromatic ring is 1. The van der Waals surface area contributed by atoms with Crippen molar-refractivity contribution >= 4 is 28.4 Å². The van der Waals surface area contributed by atoms with E-state index in [0.717, 1.165) is 15.0 Å². The van der Waals surface area contributed by atoms with E-state index in [1.165, 1.54) is 0 Å². The predicted octanol–water partition coefficient (Wildman–Crippen LogP) is 2.46. The lowest BCUT2D eigenvalue weighted by Crippen LogP contribution is -2.14. The average Bonchev–Trinajstić information content (AvgIpc) is 2.57. The summed E-state index contributed by atoms with van der Waals surface area (Å²) in [5, 5.41) is 12.7. The maximum Gasteiger partial charge on any atom is 0.178 e. The number of nitrogens with zero attached hydrogens (tertiary/aromatic N) is 4. The number of anilines is 1. The molecule has 6 heteroatoms. The molecule has 0 aromatic carbocycles. The van der Waals surface area contributed by atoms with E-state index in [4.69, 9.17) is 5.73 Å². The number of hydrogen-bond acceptors (Lipinski definition) is 4. The van der Waals surface area contributed by atoms with Crippen LogP contribution in [0.15, 0.2) is 12.1 Å². The first-order valence-corrected chi connectivity index (χ1v) is 6.74. The molecule has 0 unspecified atom stereocenters. The van der Waals surface area contributed by atoms with Gasteiger partial charge in [-0.3, -0.25) is 0 Å². The average molecular weight is 357 g/mol. The first-order valence-electron chi connectivity index (χ1n) is 5.66. The van der Waals surface area contributed by atoms with Gasteiger partial charge in [0.15, 0.2) is 5.82 Å². The molecule has 96 valence electrons. The van der Waals surface area contributed by atoms with Crippen LogP contribution in [0.25, 0.3) is 5.82 Å². The number of hydrogen-bond donors (Lipinski definition) is 1. The fourth-order valence-electron chi connectivity index (χ4n) is 1.57. The van der Waals surface area contributed by atoms with E-state index in [1.54, 1.807) is 4.68 Å². The van der Waals surface area contributed by atoms with Crippen LogP contribution in [0.3, 0.4) is 0 Å². The quantitative estimate of drug-likeness (QED) is 0.796. The number of halogens is 1. The molecular formula is C12H16IN5. The van der Waals surface area contributed by atoms with E-state index in [0.29, 0.717) is 11.6 Å². The van der Waals surface area contributed by atoms with Crippen molar-refractivity contribution in [3.05, 3.63) is 27.1 Å². The molecule has 0 fully saturated rings. The molecule has 5 nitrogen and oxygen atoms in total. The second-order valence-corrected chi connectivity index (χ2v) is 6.32. The number of aryl methyl sites for hydroxylation is 1. The lowest BCUT2D eigenvalue weighted by atomic mass is 9.92. The van der Waals surface area contributed by atoms with Gasteiger partial charge < -0.3 is 5.73 Å². The van der Waals surface area contributed by atoms with Crippen molar-refractivity contribution in [2.75, 3.05) is 5.73 Å². The first-order chi connectivity index (χ1) is 8.30.